The van der Waals surface area contributed by atoms with Gasteiger partial charge in [0, 0.05) is 5.57 Å². The van der Waals surface area contributed by atoms with E-state index in [-0.39, 0.29) is 47.5 Å². The Morgan fingerprint density at radius 2 is 1.75 bits per heavy atom. The quantitative estimate of drug-likeness (QED) is 0.240. The van der Waals surface area contributed by atoms with E-state index in [0.29, 0.717) is 0 Å². The average molecular weight is 277 g/mol. The first kappa shape index (κ1) is 21.4. The van der Waals surface area contributed by atoms with E-state index in [1.54, 1.807) is 9.47 Å². The van der Waals surface area contributed by atoms with Gasteiger partial charge >= 0.3 is 41.5 Å². The zero-order chi connectivity index (χ0) is 11.3. The topological polar surface area (TPSA) is 80.7 Å². The number of carboxylic acid groups (broad SMARTS) is 1. The van der Waals surface area contributed by atoms with Crippen molar-refractivity contribution < 1.29 is 66.0 Å². The van der Waals surface area contributed by atoms with Gasteiger partial charge in [0.05, 0.1) is 9.47 Å². The molecule has 0 amide bonds. The van der Waals surface area contributed by atoms with Gasteiger partial charge in [0.2, 0.25) is 0 Å². The molecule has 0 saturated heterocycles. The van der Waals surface area contributed by atoms with Crippen LogP contribution in [0.25, 0.3) is 0 Å². The van der Waals surface area contributed by atoms with Gasteiger partial charge in [-0.25, -0.2) is 4.79 Å². The van der Waals surface area contributed by atoms with Crippen LogP contribution in [0.1, 0.15) is 13.8 Å². The first-order chi connectivity index (χ1) is 6.40. The van der Waals surface area contributed by atoms with Crippen molar-refractivity contribution in [1.29, 1.82) is 0 Å². The Bertz CT molecular complexity index is 291. The fraction of sp³-hybridized carbons (Fsp3) is 0.375. The molecule has 0 aliphatic carbocycles. The molecule has 0 aromatic heterocycles. The fourth-order valence-corrected chi connectivity index (χ4v) is 0.959. The van der Waals surface area contributed by atoms with Crippen molar-refractivity contribution in [3.8, 4) is 0 Å². The third-order valence-electron chi connectivity index (χ3n) is 1.55. The van der Waals surface area contributed by atoms with Gasteiger partial charge in [-0.15, -0.1) is 0 Å². The monoisotopic (exact) mass is 276 g/mol. The van der Waals surface area contributed by atoms with Crippen molar-refractivity contribution in [2.75, 3.05) is 0 Å². The van der Waals surface area contributed by atoms with Crippen molar-refractivity contribution in [1.82, 2.24) is 0 Å². The number of hydrogen-bond donors (Lipinski definition) is 1. The van der Waals surface area contributed by atoms with Crippen LogP contribution in [0.15, 0.2) is 11.6 Å². The summed E-state index contributed by atoms with van der Waals surface area (Å²) in [7, 11) is 1.75. The molecule has 8 heteroatoms. The molecule has 2 unspecified atom stereocenters. The SMILES string of the molecule is CC(=O)C(C=C(C)C(=O)OP)C(=O)O.[Cl-].[Na+]. The molecule has 5 nitrogen and oxygen atoms in total. The van der Waals surface area contributed by atoms with E-state index in [4.69, 9.17) is 5.11 Å². The molecule has 0 aromatic carbocycles. The molecular weight excluding hydrogens is 265 g/mol. The van der Waals surface area contributed by atoms with Crippen molar-refractivity contribution in [3.63, 3.8) is 0 Å². The number of carbonyl (C=O) groups excluding carboxylic acids is 2. The molecule has 0 aliphatic rings. The number of carbonyl (C=O) groups is 3. The summed E-state index contributed by atoms with van der Waals surface area (Å²) in [4.78, 5) is 32.3. The molecule has 0 saturated carbocycles. The van der Waals surface area contributed by atoms with E-state index < -0.39 is 23.6 Å². The number of hydrogen-bond acceptors (Lipinski definition) is 4. The second kappa shape index (κ2) is 10.2. The Hall–Kier alpha value is 0.0700. The summed E-state index contributed by atoms with van der Waals surface area (Å²) < 4.78 is 4.28. The van der Waals surface area contributed by atoms with Crippen LogP contribution in [0.3, 0.4) is 0 Å². The van der Waals surface area contributed by atoms with Crippen LogP contribution < -0.4 is 42.0 Å². The van der Waals surface area contributed by atoms with E-state index in [0.717, 1.165) is 13.0 Å². The van der Waals surface area contributed by atoms with Gasteiger partial charge in [-0.2, -0.15) is 0 Å². The third kappa shape index (κ3) is 7.36. The standard InChI is InChI=1S/C8H11O5P.ClH.Na/c1-4(8(12)13-14)3-6(5(2)9)7(10)11;;/h3,6H,14H2,1-2H3,(H,10,11);1H;/q;;+1/p-1. The Labute approximate surface area is 124 Å². The predicted octanol–water partition coefficient (Wildman–Crippen LogP) is -5.44. The van der Waals surface area contributed by atoms with Crippen LogP contribution in [0.2, 0.25) is 0 Å². The van der Waals surface area contributed by atoms with Crippen LogP contribution >= 0.6 is 9.47 Å². The largest absolute Gasteiger partial charge is 1.00 e. The molecule has 1 N–H and O–H groups in total. The summed E-state index contributed by atoms with van der Waals surface area (Å²) in [5.41, 5.74) is 0.0857. The second-order valence-electron chi connectivity index (χ2n) is 2.68. The van der Waals surface area contributed by atoms with Crippen LogP contribution in [0, 0.1) is 5.92 Å². The summed E-state index contributed by atoms with van der Waals surface area (Å²) in [6.45, 7) is 2.53. The summed E-state index contributed by atoms with van der Waals surface area (Å²) in [5.74, 6) is -3.79. The number of carboxylic acids is 1. The average Bonchev–Trinajstić information content (AvgIpc) is 2.11. The van der Waals surface area contributed by atoms with E-state index in [1.807, 2.05) is 0 Å². The smallest absolute Gasteiger partial charge is 1.00 e. The van der Waals surface area contributed by atoms with Gasteiger partial charge in [0.25, 0.3) is 0 Å². The Kier molecular flexibility index (Phi) is 13.7. The van der Waals surface area contributed by atoms with Gasteiger partial charge < -0.3 is 22.0 Å². The first-order valence-corrected chi connectivity index (χ1v) is 4.20. The molecule has 0 heterocycles. The van der Waals surface area contributed by atoms with Crippen LogP contribution in [-0.2, 0) is 18.9 Å². The number of rotatable bonds is 4. The van der Waals surface area contributed by atoms with Gasteiger partial charge in [0.15, 0.2) is 0 Å². The molecule has 0 spiro atoms. The van der Waals surface area contributed by atoms with Gasteiger partial charge in [-0.05, 0) is 13.8 Å². The van der Waals surface area contributed by atoms with Gasteiger partial charge in [-0.1, -0.05) is 6.08 Å². The number of ketones is 1. The summed E-state index contributed by atoms with van der Waals surface area (Å²) in [6.07, 6.45) is 1.07. The Morgan fingerprint density at radius 1 is 1.31 bits per heavy atom. The third-order valence-corrected chi connectivity index (χ3v) is 1.76. The zero-order valence-electron chi connectivity index (χ0n) is 9.19. The van der Waals surface area contributed by atoms with Crippen molar-refractivity contribution in [3.05, 3.63) is 11.6 Å². The van der Waals surface area contributed by atoms with Crippen molar-refractivity contribution in [2.24, 2.45) is 5.92 Å². The van der Waals surface area contributed by atoms with E-state index in [9.17, 15) is 14.4 Å². The summed E-state index contributed by atoms with van der Waals surface area (Å²) in [6, 6.07) is 0. The molecule has 0 radical (unpaired) electrons. The van der Waals surface area contributed by atoms with E-state index >= 15 is 0 Å². The fourth-order valence-electron chi connectivity index (χ4n) is 0.774. The maximum atomic E-state index is 10.9. The van der Waals surface area contributed by atoms with E-state index in [2.05, 4.69) is 4.52 Å². The zero-order valence-corrected chi connectivity index (χ0v) is 13.1. The van der Waals surface area contributed by atoms with Crippen LogP contribution in [0.4, 0.5) is 0 Å². The molecule has 86 valence electrons. The molecular formula is C8H11ClNaO5P. The molecule has 2 atom stereocenters. The number of halogens is 1. The summed E-state index contributed by atoms with van der Waals surface area (Å²) in [5, 5.41) is 8.62. The predicted molar refractivity (Wildman–Crippen MR) is 51.4 cm³/mol. The minimum absolute atomic E-state index is 0. The van der Waals surface area contributed by atoms with Crippen LogP contribution in [0.5, 0.6) is 0 Å². The molecule has 0 bridgehead atoms. The van der Waals surface area contributed by atoms with Gasteiger partial charge in [-0.3, -0.25) is 9.59 Å². The second-order valence-corrected chi connectivity index (χ2v) is 2.92. The molecule has 0 aliphatic heterocycles. The van der Waals surface area contributed by atoms with Gasteiger partial charge in [0.1, 0.15) is 11.7 Å². The minimum atomic E-state index is -1.29. The Morgan fingerprint density at radius 3 is 2.00 bits per heavy atom. The minimum Gasteiger partial charge on any atom is -1.00 e. The Balaban J connectivity index is -0.000000845. The van der Waals surface area contributed by atoms with Crippen LogP contribution in [-0.4, -0.2) is 22.8 Å². The maximum absolute atomic E-state index is 10.9. The molecule has 0 fully saturated rings. The number of aliphatic carboxylic acids is 1. The first-order valence-electron chi connectivity index (χ1n) is 3.73. The van der Waals surface area contributed by atoms with Crippen molar-refractivity contribution in [2.45, 2.75) is 13.8 Å². The maximum Gasteiger partial charge on any atom is 1.00 e. The summed E-state index contributed by atoms with van der Waals surface area (Å²) >= 11 is 0. The van der Waals surface area contributed by atoms with E-state index in [1.165, 1.54) is 6.92 Å². The molecule has 0 rings (SSSR count). The van der Waals surface area contributed by atoms with Crippen molar-refractivity contribution >= 4 is 27.2 Å². The molecule has 0 aromatic rings. The molecule has 16 heavy (non-hydrogen) atoms. The normalized spacial score (nSPS) is 11.6. The number of Topliss-reactive ketones (excluding diaryl/α,β-unsaturated/α-hetero) is 1.